The Bertz CT molecular complexity index is 775. The fraction of sp³-hybridized carbons (Fsp3) is 0.478. The van der Waals surface area contributed by atoms with Gasteiger partial charge in [0, 0.05) is 12.5 Å². The van der Waals surface area contributed by atoms with Crippen molar-refractivity contribution in [3.05, 3.63) is 36.9 Å². The first-order chi connectivity index (χ1) is 14.9. The normalized spacial score (nSPS) is 17.9. The number of esters is 3. The van der Waals surface area contributed by atoms with Gasteiger partial charge in [-0.05, 0) is 69.2 Å². The number of unbranched alkanes of at least 4 members (excludes halogenated alkanes) is 2. The van der Waals surface area contributed by atoms with Crippen molar-refractivity contribution in [1.82, 2.24) is 0 Å². The van der Waals surface area contributed by atoms with Crippen LogP contribution in [0.1, 0.15) is 51.4 Å². The van der Waals surface area contributed by atoms with Gasteiger partial charge >= 0.3 is 23.9 Å². The van der Waals surface area contributed by atoms with E-state index in [9.17, 15) is 19.2 Å². The van der Waals surface area contributed by atoms with Crippen molar-refractivity contribution in [3.63, 3.8) is 0 Å². The third-order valence-electron chi connectivity index (χ3n) is 5.12. The van der Waals surface area contributed by atoms with Crippen LogP contribution in [-0.4, -0.2) is 35.6 Å². The molecule has 1 fully saturated rings. The zero-order chi connectivity index (χ0) is 22.6. The second-order valence-corrected chi connectivity index (χ2v) is 7.44. The molecule has 0 aromatic heterocycles. The summed E-state index contributed by atoms with van der Waals surface area (Å²) in [4.78, 5) is 46.0. The quantitative estimate of drug-likeness (QED) is 0.244. The number of ether oxygens (including phenoxy) is 3. The Morgan fingerprint density at radius 1 is 0.903 bits per heavy atom. The number of carbonyl (C=O) groups is 4. The number of carboxylic acid groups (broad SMARTS) is 1. The number of aliphatic carboxylic acids is 1. The molecule has 1 aliphatic carbocycles. The van der Waals surface area contributed by atoms with Crippen molar-refractivity contribution >= 4 is 23.9 Å². The highest BCUT2D eigenvalue weighted by Crippen LogP contribution is 2.30. The summed E-state index contributed by atoms with van der Waals surface area (Å²) in [6, 6.07) is 6.21. The van der Waals surface area contributed by atoms with E-state index in [4.69, 9.17) is 19.3 Å². The molecule has 1 aromatic rings. The molecule has 0 bridgehead atoms. The van der Waals surface area contributed by atoms with Gasteiger partial charge in [-0.25, -0.2) is 4.79 Å². The largest absolute Gasteiger partial charge is 0.481 e. The first-order valence-corrected chi connectivity index (χ1v) is 10.4. The molecule has 0 unspecified atom stereocenters. The molecule has 0 spiro atoms. The zero-order valence-corrected chi connectivity index (χ0v) is 17.4. The Morgan fingerprint density at radius 3 is 2.06 bits per heavy atom. The number of rotatable bonds is 11. The molecule has 0 heterocycles. The SMILES string of the molecule is C=CC(=O)OCCCCCC(=O)Oc1ccc(OC(=O)[C@H]2CC[C@H](C(=O)O)CC2)cc1. The van der Waals surface area contributed by atoms with E-state index in [-0.39, 0.29) is 30.2 Å². The molecule has 8 nitrogen and oxygen atoms in total. The van der Waals surface area contributed by atoms with Gasteiger partial charge in [-0.3, -0.25) is 14.4 Å². The highest BCUT2D eigenvalue weighted by molar-refractivity contribution is 5.81. The molecule has 0 atom stereocenters. The van der Waals surface area contributed by atoms with Crippen LogP contribution in [0.4, 0.5) is 0 Å². The average molecular weight is 432 g/mol. The van der Waals surface area contributed by atoms with Crippen LogP contribution in [0.15, 0.2) is 36.9 Å². The van der Waals surface area contributed by atoms with Gasteiger partial charge < -0.3 is 19.3 Å². The lowest BCUT2D eigenvalue weighted by Gasteiger charge is -2.24. The molecule has 1 N–H and O–H groups in total. The number of hydrogen-bond acceptors (Lipinski definition) is 7. The smallest absolute Gasteiger partial charge is 0.330 e. The maximum absolute atomic E-state index is 12.3. The van der Waals surface area contributed by atoms with Gasteiger partial charge in [-0.15, -0.1) is 0 Å². The molecule has 31 heavy (non-hydrogen) atoms. The van der Waals surface area contributed by atoms with Crippen LogP contribution in [0.5, 0.6) is 11.5 Å². The van der Waals surface area contributed by atoms with Crippen molar-refractivity contribution < 1.29 is 38.5 Å². The van der Waals surface area contributed by atoms with Crippen LogP contribution in [0.3, 0.4) is 0 Å². The van der Waals surface area contributed by atoms with Crippen molar-refractivity contribution in [2.45, 2.75) is 51.4 Å². The maximum atomic E-state index is 12.3. The van der Waals surface area contributed by atoms with Crippen molar-refractivity contribution in [2.24, 2.45) is 11.8 Å². The summed E-state index contributed by atoms with van der Waals surface area (Å²) in [5, 5.41) is 9.02. The summed E-state index contributed by atoms with van der Waals surface area (Å²) in [7, 11) is 0. The minimum Gasteiger partial charge on any atom is -0.481 e. The fourth-order valence-corrected chi connectivity index (χ4v) is 3.31. The van der Waals surface area contributed by atoms with Crippen LogP contribution in [-0.2, 0) is 23.9 Å². The summed E-state index contributed by atoms with van der Waals surface area (Å²) >= 11 is 0. The predicted molar refractivity (Wildman–Crippen MR) is 110 cm³/mol. The van der Waals surface area contributed by atoms with Gasteiger partial charge in [0.1, 0.15) is 11.5 Å². The third-order valence-corrected chi connectivity index (χ3v) is 5.12. The van der Waals surface area contributed by atoms with E-state index < -0.39 is 11.9 Å². The number of carboxylic acids is 1. The molecule has 2 rings (SSSR count). The molecule has 0 amide bonds. The molecule has 1 aliphatic rings. The minimum absolute atomic E-state index is 0.241. The number of carbonyl (C=O) groups excluding carboxylic acids is 3. The van der Waals surface area contributed by atoms with Gasteiger partial charge in [-0.2, -0.15) is 0 Å². The van der Waals surface area contributed by atoms with Gasteiger partial charge in [0.25, 0.3) is 0 Å². The van der Waals surface area contributed by atoms with Crippen molar-refractivity contribution in [1.29, 1.82) is 0 Å². The molecule has 0 saturated heterocycles. The molecule has 0 radical (unpaired) electrons. The lowest BCUT2D eigenvalue weighted by molar-refractivity contribution is -0.146. The first kappa shape index (κ1) is 24.1. The summed E-state index contributed by atoms with van der Waals surface area (Å²) < 4.78 is 15.5. The van der Waals surface area contributed by atoms with Crippen LogP contribution in [0, 0.1) is 11.8 Å². The number of benzene rings is 1. The van der Waals surface area contributed by atoms with E-state index in [0.29, 0.717) is 56.6 Å². The average Bonchev–Trinajstić information content (AvgIpc) is 2.77. The Kier molecular flexibility index (Phi) is 9.74. The Morgan fingerprint density at radius 2 is 1.48 bits per heavy atom. The van der Waals surface area contributed by atoms with Crippen LogP contribution in [0.2, 0.25) is 0 Å². The molecule has 8 heteroatoms. The zero-order valence-electron chi connectivity index (χ0n) is 17.4. The molecule has 1 aromatic carbocycles. The molecular weight excluding hydrogens is 404 g/mol. The van der Waals surface area contributed by atoms with Crippen molar-refractivity contribution in [2.75, 3.05) is 6.61 Å². The summed E-state index contributed by atoms with van der Waals surface area (Å²) in [6.07, 6.45) is 5.30. The third kappa shape index (κ3) is 8.62. The van der Waals surface area contributed by atoms with Gasteiger partial charge in [0.15, 0.2) is 0 Å². The van der Waals surface area contributed by atoms with E-state index in [1.807, 2.05) is 0 Å². The van der Waals surface area contributed by atoms with E-state index >= 15 is 0 Å². The van der Waals surface area contributed by atoms with Gasteiger partial charge in [0.2, 0.25) is 0 Å². The Hall–Kier alpha value is -3.16. The summed E-state index contributed by atoms with van der Waals surface area (Å²) in [6.45, 7) is 3.60. The monoisotopic (exact) mass is 432 g/mol. The lowest BCUT2D eigenvalue weighted by atomic mass is 9.82. The molecule has 168 valence electrons. The van der Waals surface area contributed by atoms with Gasteiger partial charge in [0.05, 0.1) is 18.4 Å². The Balaban J connectivity index is 1.66. The van der Waals surface area contributed by atoms with Crippen LogP contribution >= 0.6 is 0 Å². The van der Waals surface area contributed by atoms with E-state index in [2.05, 4.69) is 6.58 Å². The summed E-state index contributed by atoms with van der Waals surface area (Å²) in [5.74, 6) is -1.99. The summed E-state index contributed by atoms with van der Waals surface area (Å²) in [5.41, 5.74) is 0. The predicted octanol–water partition coefficient (Wildman–Crippen LogP) is 3.68. The van der Waals surface area contributed by atoms with Gasteiger partial charge in [-0.1, -0.05) is 6.58 Å². The van der Waals surface area contributed by atoms with Crippen LogP contribution < -0.4 is 9.47 Å². The fourth-order valence-electron chi connectivity index (χ4n) is 3.31. The Labute approximate surface area is 181 Å². The second-order valence-electron chi connectivity index (χ2n) is 7.44. The van der Waals surface area contributed by atoms with E-state index in [1.165, 1.54) is 0 Å². The minimum atomic E-state index is -0.814. The standard InChI is InChI=1S/C23H28O8/c1-2-20(24)29-15-5-3-4-6-21(25)30-18-11-13-19(14-12-18)31-23(28)17-9-7-16(8-10-17)22(26)27/h2,11-14,16-17H,1,3-10,15H2,(H,26,27)/t16-,17-. The first-order valence-electron chi connectivity index (χ1n) is 10.4. The van der Waals surface area contributed by atoms with E-state index in [1.54, 1.807) is 24.3 Å². The lowest BCUT2D eigenvalue weighted by Crippen LogP contribution is -2.28. The van der Waals surface area contributed by atoms with Crippen molar-refractivity contribution in [3.8, 4) is 11.5 Å². The molecular formula is C23H28O8. The number of hydrogen-bond donors (Lipinski definition) is 1. The highest BCUT2D eigenvalue weighted by atomic mass is 16.5. The topological polar surface area (TPSA) is 116 Å². The van der Waals surface area contributed by atoms with E-state index in [0.717, 1.165) is 12.5 Å². The molecule has 1 saturated carbocycles. The van der Waals surface area contributed by atoms with Crippen LogP contribution in [0.25, 0.3) is 0 Å². The highest BCUT2D eigenvalue weighted by Gasteiger charge is 2.30. The molecule has 0 aliphatic heterocycles. The second kappa shape index (κ2) is 12.5. The maximum Gasteiger partial charge on any atom is 0.330 e.